The quantitative estimate of drug-likeness (QED) is 0.493. The Kier molecular flexibility index (Phi) is 5.31. The van der Waals surface area contributed by atoms with Crippen LogP contribution in [0.3, 0.4) is 0 Å². The maximum atomic E-state index is 11.5. The van der Waals surface area contributed by atoms with Gasteiger partial charge in [-0.25, -0.2) is 9.78 Å². The normalized spacial score (nSPS) is 10.1. The molecule has 0 saturated heterocycles. The highest BCUT2D eigenvalue weighted by Gasteiger charge is 2.19. The molecule has 126 valence electrons. The van der Waals surface area contributed by atoms with Crippen molar-refractivity contribution in [3.05, 3.63) is 57.3 Å². The third-order valence-corrected chi connectivity index (χ3v) is 3.42. The van der Waals surface area contributed by atoms with Gasteiger partial charge in [0.2, 0.25) is 5.82 Å². The number of hydrogen-bond acceptors (Lipinski definition) is 7. The fraction of sp³-hybridized carbons (Fsp3) is 0.250. The minimum Gasteiger partial charge on any atom is -0.496 e. The standard InChI is InChI=1S/C16H17N3O5/c1-10-4-5-11(6-14(10)23-2)8-17-15-13(19(21)22)7-12(9-18-15)16(20)24-3/h4-7,9H,8H2,1-3H3,(H,17,18). The smallest absolute Gasteiger partial charge is 0.339 e. The van der Waals surface area contributed by atoms with Gasteiger partial charge in [-0.1, -0.05) is 12.1 Å². The summed E-state index contributed by atoms with van der Waals surface area (Å²) in [6, 6.07) is 6.77. The van der Waals surface area contributed by atoms with Gasteiger partial charge in [0.1, 0.15) is 5.75 Å². The van der Waals surface area contributed by atoms with Gasteiger partial charge in [0, 0.05) is 18.8 Å². The van der Waals surface area contributed by atoms with Crippen LogP contribution in [0.15, 0.2) is 30.5 Å². The zero-order valence-electron chi connectivity index (χ0n) is 13.5. The molecule has 0 saturated carbocycles. The minimum atomic E-state index is -0.680. The van der Waals surface area contributed by atoms with Gasteiger partial charge in [-0.15, -0.1) is 0 Å². The number of carbonyl (C=O) groups excluding carboxylic acids is 1. The number of aryl methyl sites for hydroxylation is 1. The molecule has 8 heteroatoms. The number of nitrogens with zero attached hydrogens (tertiary/aromatic N) is 2. The lowest BCUT2D eigenvalue weighted by molar-refractivity contribution is -0.384. The predicted octanol–water partition coefficient (Wildman–Crippen LogP) is 2.71. The van der Waals surface area contributed by atoms with E-state index in [9.17, 15) is 14.9 Å². The number of esters is 1. The van der Waals surface area contributed by atoms with Crippen molar-refractivity contribution in [1.29, 1.82) is 0 Å². The SMILES string of the molecule is COC(=O)c1cnc(NCc2ccc(C)c(OC)c2)c([N+](=O)[O-])c1. The second kappa shape index (κ2) is 7.40. The van der Waals surface area contributed by atoms with Gasteiger partial charge in [0.15, 0.2) is 0 Å². The van der Waals surface area contributed by atoms with Crippen LogP contribution >= 0.6 is 0 Å². The van der Waals surface area contributed by atoms with E-state index in [0.29, 0.717) is 6.54 Å². The van der Waals surface area contributed by atoms with E-state index in [2.05, 4.69) is 15.0 Å². The highest BCUT2D eigenvalue weighted by Crippen LogP contribution is 2.25. The van der Waals surface area contributed by atoms with Crippen LogP contribution in [-0.4, -0.2) is 30.1 Å². The van der Waals surface area contributed by atoms with Crippen molar-refractivity contribution in [3.8, 4) is 5.75 Å². The lowest BCUT2D eigenvalue weighted by atomic mass is 10.1. The van der Waals surface area contributed by atoms with Gasteiger partial charge in [-0.05, 0) is 24.1 Å². The van der Waals surface area contributed by atoms with Crippen molar-refractivity contribution < 1.29 is 19.2 Å². The van der Waals surface area contributed by atoms with E-state index in [1.165, 1.54) is 13.3 Å². The summed E-state index contributed by atoms with van der Waals surface area (Å²) in [4.78, 5) is 26.0. The van der Waals surface area contributed by atoms with Crippen molar-refractivity contribution in [2.45, 2.75) is 13.5 Å². The van der Waals surface area contributed by atoms with Crippen LogP contribution in [0.1, 0.15) is 21.5 Å². The minimum absolute atomic E-state index is 0.0201. The molecule has 0 fully saturated rings. The Hall–Kier alpha value is -3.16. The first-order valence-electron chi connectivity index (χ1n) is 7.06. The molecule has 1 aromatic carbocycles. The van der Waals surface area contributed by atoms with Crippen molar-refractivity contribution in [2.75, 3.05) is 19.5 Å². The van der Waals surface area contributed by atoms with Crippen LogP contribution in [0.5, 0.6) is 5.75 Å². The van der Waals surface area contributed by atoms with Crippen LogP contribution < -0.4 is 10.1 Å². The van der Waals surface area contributed by atoms with Crippen molar-refractivity contribution in [2.24, 2.45) is 0 Å². The topological polar surface area (TPSA) is 104 Å². The molecule has 0 atom stereocenters. The van der Waals surface area contributed by atoms with E-state index in [0.717, 1.165) is 22.9 Å². The molecule has 0 unspecified atom stereocenters. The zero-order valence-corrected chi connectivity index (χ0v) is 13.5. The number of aromatic nitrogens is 1. The molecule has 0 bridgehead atoms. The fourth-order valence-corrected chi connectivity index (χ4v) is 2.12. The molecule has 2 rings (SSSR count). The predicted molar refractivity (Wildman–Crippen MR) is 87.3 cm³/mol. The lowest BCUT2D eigenvalue weighted by Gasteiger charge is -2.10. The van der Waals surface area contributed by atoms with E-state index in [1.807, 2.05) is 25.1 Å². The van der Waals surface area contributed by atoms with E-state index in [-0.39, 0.29) is 17.1 Å². The maximum Gasteiger partial charge on any atom is 0.339 e. The Bertz CT molecular complexity index is 776. The van der Waals surface area contributed by atoms with E-state index in [1.54, 1.807) is 7.11 Å². The van der Waals surface area contributed by atoms with Gasteiger partial charge in [-0.3, -0.25) is 10.1 Å². The van der Waals surface area contributed by atoms with Gasteiger partial charge in [-0.2, -0.15) is 0 Å². The zero-order chi connectivity index (χ0) is 17.7. The summed E-state index contributed by atoms with van der Waals surface area (Å²) in [5, 5.41) is 14.1. The molecule has 0 aliphatic heterocycles. The summed E-state index contributed by atoms with van der Waals surface area (Å²) in [5.41, 5.74) is 1.60. The summed E-state index contributed by atoms with van der Waals surface area (Å²) >= 11 is 0. The number of benzene rings is 1. The summed E-state index contributed by atoms with van der Waals surface area (Å²) in [5.74, 6) is 0.130. The lowest BCUT2D eigenvalue weighted by Crippen LogP contribution is -2.08. The first kappa shape index (κ1) is 17.2. The van der Waals surface area contributed by atoms with Gasteiger partial charge < -0.3 is 14.8 Å². The van der Waals surface area contributed by atoms with Crippen molar-refractivity contribution in [1.82, 2.24) is 4.98 Å². The second-order valence-electron chi connectivity index (χ2n) is 5.00. The number of methoxy groups -OCH3 is 2. The number of carbonyl (C=O) groups is 1. The first-order valence-corrected chi connectivity index (χ1v) is 7.06. The fourth-order valence-electron chi connectivity index (χ4n) is 2.12. The molecule has 8 nitrogen and oxygen atoms in total. The Labute approximate surface area is 138 Å². The van der Waals surface area contributed by atoms with Crippen LogP contribution in [0.4, 0.5) is 11.5 Å². The molecule has 1 N–H and O–H groups in total. The number of pyridine rings is 1. The highest BCUT2D eigenvalue weighted by atomic mass is 16.6. The monoisotopic (exact) mass is 331 g/mol. The number of ether oxygens (including phenoxy) is 2. The van der Waals surface area contributed by atoms with E-state index < -0.39 is 10.9 Å². The number of anilines is 1. The molecule has 24 heavy (non-hydrogen) atoms. The maximum absolute atomic E-state index is 11.5. The summed E-state index contributed by atoms with van der Waals surface area (Å²) in [7, 11) is 2.78. The number of hydrogen-bond donors (Lipinski definition) is 1. The molecule has 0 radical (unpaired) electrons. The molecule has 0 spiro atoms. The van der Waals surface area contributed by atoms with Gasteiger partial charge >= 0.3 is 11.7 Å². The Morgan fingerprint density at radius 3 is 2.71 bits per heavy atom. The Balaban J connectivity index is 2.23. The molecular weight excluding hydrogens is 314 g/mol. The van der Waals surface area contributed by atoms with Crippen molar-refractivity contribution >= 4 is 17.5 Å². The van der Waals surface area contributed by atoms with Gasteiger partial charge in [0.25, 0.3) is 0 Å². The summed E-state index contributed by atoms with van der Waals surface area (Å²) in [6.07, 6.45) is 1.23. The highest BCUT2D eigenvalue weighted by molar-refractivity contribution is 5.90. The number of rotatable bonds is 6. The van der Waals surface area contributed by atoms with Crippen LogP contribution in [-0.2, 0) is 11.3 Å². The molecule has 0 aliphatic carbocycles. The second-order valence-corrected chi connectivity index (χ2v) is 5.00. The van der Waals surface area contributed by atoms with E-state index >= 15 is 0 Å². The summed E-state index contributed by atoms with van der Waals surface area (Å²) in [6.45, 7) is 2.25. The average molecular weight is 331 g/mol. The first-order chi connectivity index (χ1) is 11.5. The molecule has 1 heterocycles. The molecule has 2 aromatic rings. The Morgan fingerprint density at radius 1 is 1.33 bits per heavy atom. The third kappa shape index (κ3) is 3.78. The molecular formula is C16H17N3O5. The average Bonchev–Trinajstić information content (AvgIpc) is 2.60. The molecule has 1 aromatic heterocycles. The van der Waals surface area contributed by atoms with Crippen LogP contribution in [0.25, 0.3) is 0 Å². The largest absolute Gasteiger partial charge is 0.496 e. The Morgan fingerprint density at radius 2 is 2.08 bits per heavy atom. The van der Waals surface area contributed by atoms with Crippen molar-refractivity contribution in [3.63, 3.8) is 0 Å². The molecule has 0 amide bonds. The van der Waals surface area contributed by atoms with Crippen LogP contribution in [0.2, 0.25) is 0 Å². The molecule has 0 aliphatic rings. The number of nitro groups is 1. The third-order valence-electron chi connectivity index (χ3n) is 3.42. The summed E-state index contributed by atoms with van der Waals surface area (Å²) < 4.78 is 9.79. The number of nitrogens with one attached hydrogen (secondary N) is 1. The van der Waals surface area contributed by atoms with Gasteiger partial charge in [0.05, 0.1) is 24.7 Å². The van der Waals surface area contributed by atoms with E-state index in [4.69, 9.17) is 4.74 Å². The van der Waals surface area contributed by atoms with Crippen LogP contribution in [0, 0.1) is 17.0 Å².